The van der Waals surface area contributed by atoms with E-state index < -0.39 is 17.3 Å². The minimum absolute atomic E-state index is 0.0972. The average molecular weight is 346 g/mol. The van der Waals surface area contributed by atoms with Crippen molar-refractivity contribution in [3.05, 3.63) is 73.9 Å². The van der Waals surface area contributed by atoms with E-state index >= 15 is 0 Å². The van der Waals surface area contributed by atoms with Gasteiger partial charge in [0.2, 0.25) is 0 Å². The maximum Gasteiger partial charge on any atom is 0.404 e. The molecule has 0 spiro atoms. The van der Waals surface area contributed by atoms with Gasteiger partial charge in [0.25, 0.3) is 5.56 Å². The van der Waals surface area contributed by atoms with E-state index in [-0.39, 0.29) is 6.54 Å². The number of carbonyl (C=O) groups is 1. The first-order valence-corrected chi connectivity index (χ1v) is 7.34. The number of aromatic amines is 1. The van der Waals surface area contributed by atoms with Gasteiger partial charge in [0, 0.05) is 11.6 Å². The molecule has 0 aliphatic carbocycles. The number of rotatable bonds is 3. The van der Waals surface area contributed by atoms with Crippen LogP contribution in [0.15, 0.2) is 52.1 Å². The Labute approximate surface area is 140 Å². The Kier molecular flexibility index (Phi) is 4.09. The minimum atomic E-state index is -1.14. The van der Waals surface area contributed by atoms with Gasteiger partial charge < -0.3 is 10.4 Å². The number of halogens is 1. The largest absolute Gasteiger partial charge is 0.465 e. The third-order valence-corrected chi connectivity index (χ3v) is 3.72. The number of fused-ring (bicyclic) bond motifs is 1. The van der Waals surface area contributed by atoms with Gasteiger partial charge in [-0.2, -0.15) is 0 Å². The highest BCUT2D eigenvalue weighted by molar-refractivity contribution is 6.31. The molecule has 8 heteroatoms. The summed E-state index contributed by atoms with van der Waals surface area (Å²) in [7, 11) is 0. The van der Waals surface area contributed by atoms with Gasteiger partial charge in [-0.25, -0.2) is 9.59 Å². The standard InChI is InChI=1S/C16H12ClN3O4/c17-10-4-5-12-13(7-10)20(15(22)19-14(12)21)11-3-1-2-9(6-11)8-18-16(23)24/h1-7,18H,8H2,(H,23,24)(H,19,21,22). The number of benzene rings is 2. The highest BCUT2D eigenvalue weighted by Crippen LogP contribution is 2.19. The second-order valence-electron chi connectivity index (χ2n) is 5.08. The molecule has 24 heavy (non-hydrogen) atoms. The van der Waals surface area contributed by atoms with Crippen molar-refractivity contribution in [3.63, 3.8) is 0 Å². The molecule has 2 aromatic carbocycles. The first-order chi connectivity index (χ1) is 11.5. The molecule has 0 bridgehead atoms. The van der Waals surface area contributed by atoms with Gasteiger partial charge in [0.15, 0.2) is 0 Å². The van der Waals surface area contributed by atoms with Crippen molar-refractivity contribution in [1.29, 1.82) is 0 Å². The first-order valence-electron chi connectivity index (χ1n) is 6.96. The number of aromatic nitrogens is 2. The van der Waals surface area contributed by atoms with Crippen LogP contribution in [0.4, 0.5) is 4.79 Å². The Morgan fingerprint density at radius 1 is 1.21 bits per heavy atom. The predicted octanol–water partition coefficient (Wildman–Crippen LogP) is 2.10. The van der Waals surface area contributed by atoms with Gasteiger partial charge in [-0.15, -0.1) is 0 Å². The fourth-order valence-corrected chi connectivity index (χ4v) is 2.62. The van der Waals surface area contributed by atoms with Gasteiger partial charge in [-0.3, -0.25) is 14.3 Å². The zero-order chi connectivity index (χ0) is 17.3. The highest BCUT2D eigenvalue weighted by atomic mass is 35.5. The molecule has 0 aliphatic heterocycles. The summed E-state index contributed by atoms with van der Waals surface area (Å²) in [5.74, 6) is 0. The van der Waals surface area contributed by atoms with Crippen LogP contribution in [0.3, 0.4) is 0 Å². The SMILES string of the molecule is O=C(O)NCc1cccc(-n2c(=O)[nH]c(=O)c3ccc(Cl)cc32)c1. The average Bonchev–Trinajstić information content (AvgIpc) is 2.53. The number of nitrogens with one attached hydrogen (secondary N) is 2. The van der Waals surface area contributed by atoms with Crippen molar-refractivity contribution in [2.24, 2.45) is 0 Å². The van der Waals surface area contributed by atoms with E-state index in [0.29, 0.717) is 27.2 Å². The Bertz CT molecular complexity index is 1060. The molecule has 1 heterocycles. The smallest absolute Gasteiger partial charge is 0.404 e. The summed E-state index contributed by atoms with van der Waals surface area (Å²) in [5, 5.41) is 11.7. The Balaban J connectivity index is 2.21. The molecule has 3 N–H and O–H groups in total. The molecular weight excluding hydrogens is 334 g/mol. The number of nitrogens with zero attached hydrogens (tertiary/aromatic N) is 1. The van der Waals surface area contributed by atoms with E-state index in [1.807, 2.05) is 0 Å². The van der Waals surface area contributed by atoms with Crippen LogP contribution in [0.5, 0.6) is 0 Å². The molecule has 122 valence electrons. The third kappa shape index (κ3) is 3.02. The van der Waals surface area contributed by atoms with Gasteiger partial charge in [0.1, 0.15) is 0 Å². The van der Waals surface area contributed by atoms with Crippen molar-refractivity contribution in [1.82, 2.24) is 14.9 Å². The quantitative estimate of drug-likeness (QED) is 0.676. The Morgan fingerprint density at radius 2 is 2.00 bits per heavy atom. The van der Waals surface area contributed by atoms with E-state index in [2.05, 4.69) is 10.3 Å². The summed E-state index contributed by atoms with van der Waals surface area (Å²) in [6, 6.07) is 11.4. The zero-order valence-electron chi connectivity index (χ0n) is 12.2. The summed E-state index contributed by atoms with van der Waals surface area (Å²) in [5.41, 5.74) is 0.445. The first kappa shape index (κ1) is 15.8. The van der Waals surface area contributed by atoms with Crippen molar-refractivity contribution in [2.45, 2.75) is 6.54 Å². The maximum absolute atomic E-state index is 12.3. The van der Waals surface area contributed by atoms with Gasteiger partial charge >= 0.3 is 11.8 Å². The summed E-state index contributed by atoms with van der Waals surface area (Å²) < 4.78 is 1.33. The lowest BCUT2D eigenvalue weighted by atomic mass is 10.2. The van der Waals surface area contributed by atoms with Gasteiger partial charge in [-0.1, -0.05) is 23.7 Å². The summed E-state index contributed by atoms with van der Waals surface area (Å²) in [4.78, 5) is 37.1. The van der Waals surface area contributed by atoms with E-state index in [1.165, 1.54) is 10.6 Å². The van der Waals surface area contributed by atoms with Crippen LogP contribution < -0.4 is 16.6 Å². The summed E-state index contributed by atoms with van der Waals surface area (Å²) in [6.45, 7) is 0.0972. The topological polar surface area (TPSA) is 104 Å². The van der Waals surface area contributed by atoms with Crippen LogP contribution in [-0.4, -0.2) is 20.8 Å². The lowest BCUT2D eigenvalue weighted by Crippen LogP contribution is -2.29. The minimum Gasteiger partial charge on any atom is -0.465 e. The van der Waals surface area contributed by atoms with E-state index in [1.54, 1.807) is 36.4 Å². The second-order valence-corrected chi connectivity index (χ2v) is 5.52. The van der Waals surface area contributed by atoms with Crippen LogP contribution in [0, 0.1) is 0 Å². The number of hydrogen-bond acceptors (Lipinski definition) is 3. The van der Waals surface area contributed by atoms with E-state index in [9.17, 15) is 14.4 Å². The van der Waals surface area contributed by atoms with Crippen LogP contribution in [0.1, 0.15) is 5.56 Å². The van der Waals surface area contributed by atoms with Gasteiger partial charge in [-0.05, 0) is 35.9 Å². The van der Waals surface area contributed by atoms with Crippen LogP contribution in [-0.2, 0) is 6.54 Å². The second kappa shape index (κ2) is 6.21. The third-order valence-electron chi connectivity index (χ3n) is 3.48. The van der Waals surface area contributed by atoms with Crippen molar-refractivity contribution in [3.8, 4) is 5.69 Å². The molecule has 1 amide bonds. The van der Waals surface area contributed by atoms with Crippen LogP contribution >= 0.6 is 11.6 Å². The number of amides is 1. The molecule has 0 aliphatic rings. The van der Waals surface area contributed by atoms with E-state index in [4.69, 9.17) is 16.7 Å². The highest BCUT2D eigenvalue weighted by Gasteiger charge is 2.10. The summed E-state index contributed by atoms with van der Waals surface area (Å²) >= 11 is 6.00. The lowest BCUT2D eigenvalue weighted by molar-refractivity contribution is 0.194. The molecule has 3 rings (SSSR count). The molecule has 0 saturated heterocycles. The molecule has 0 fully saturated rings. The van der Waals surface area contributed by atoms with Crippen molar-refractivity contribution < 1.29 is 9.90 Å². The Morgan fingerprint density at radius 3 is 2.75 bits per heavy atom. The van der Waals surface area contributed by atoms with Crippen molar-refractivity contribution >= 4 is 28.6 Å². The Hall–Kier alpha value is -3.06. The number of H-pyrrole nitrogens is 1. The molecule has 7 nitrogen and oxygen atoms in total. The monoisotopic (exact) mass is 345 g/mol. The van der Waals surface area contributed by atoms with Gasteiger partial charge in [0.05, 0.1) is 16.6 Å². The maximum atomic E-state index is 12.3. The molecule has 0 saturated carbocycles. The molecular formula is C16H12ClN3O4. The summed E-state index contributed by atoms with van der Waals surface area (Å²) in [6.07, 6.45) is -1.14. The molecule has 0 atom stereocenters. The normalized spacial score (nSPS) is 10.7. The fourth-order valence-electron chi connectivity index (χ4n) is 2.45. The fraction of sp³-hybridized carbons (Fsp3) is 0.0625. The van der Waals surface area contributed by atoms with Crippen LogP contribution in [0.25, 0.3) is 16.6 Å². The molecule has 1 aromatic heterocycles. The van der Waals surface area contributed by atoms with Crippen LogP contribution in [0.2, 0.25) is 5.02 Å². The van der Waals surface area contributed by atoms with E-state index in [0.717, 1.165) is 0 Å². The molecule has 0 radical (unpaired) electrons. The van der Waals surface area contributed by atoms with Crippen molar-refractivity contribution in [2.75, 3.05) is 0 Å². The molecule has 0 unspecified atom stereocenters. The predicted molar refractivity (Wildman–Crippen MR) is 90.0 cm³/mol. The zero-order valence-corrected chi connectivity index (χ0v) is 13.0. The number of carboxylic acid groups (broad SMARTS) is 1. The lowest BCUT2D eigenvalue weighted by Gasteiger charge is -2.11. The number of hydrogen-bond donors (Lipinski definition) is 3. The molecule has 3 aromatic rings.